The highest BCUT2D eigenvalue weighted by atomic mass is 16.3. The second kappa shape index (κ2) is 13.3. The summed E-state index contributed by atoms with van der Waals surface area (Å²) in [4.78, 5) is 38.8. The fourth-order valence-electron chi connectivity index (χ4n) is 3.38. The first-order valence-corrected chi connectivity index (χ1v) is 12.4. The first kappa shape index (κ1) is 29.2. The number of hydrogen-bond donors (Lipinski definition) is 6. The van der Waals surface area contributed by atoms with Crippen molar-refractivity contribution in [1.29, 1.82) is 0 Å². The molecule has 0 radical (unpaired) electrons. The number of H-pyrrole nitrogens is 1. The van der Waals surface area contributed by atoms with E-state index in [4.69, 9.17) is 0 Å². The number of fused-ring (bicyclic) bond motifs is 1. The molecule has 2 aromatic carbocycles. The zero-order chi connectivity index (χ0) is 27.7. The average Bonchev–Trinajstić information content (AvgIpc) is 3.23. The Morgan fingerprint density at radius 1 is 0.757 bits per heavy atom. The zero-order valence-corrected chi connectivity index (χ0v) is 22.3. The number of nitrogens with one attached hydrogen (secondary N) is 4. The predicted molar refractivity (Wildman–Crippen MR) is 144 cm³/mol. The molecule has 0 saturated carbocycles. The minimum Gasteiger partial charge on any atom is -0.508 e. The van der Waals surface area contributed by atoms with Crippen molar-refractivity contribution in [3.05, 3.63) is 59.8 Å². The Kier molecular flexibility index (Phi) is 10.5. The lowest BCUT2D eigenvalue weighted by molar-refractivity contribution is -0.130. The Bertz CT molecular complexity index is 1200. The molecule has 37 heavy (non-hydrogen) atoms. The van der Waals surface area contributed by atoms with E-state index in [9.17, 15) is 24.6 Å². The third-order valence-electron chi connectivity index (χ3n) is 5.23. The summed E-state index contributed by atoms with van der Waals surface area (Å²) in [6.07, 6.45) is 0.386. The number of phenolic OH excluding ortho intramolecular Hbond substituents is 2. The van der Waals surface area contributed by atoms with Gasteiger partial charge in [-0.05, 0) is 69.7 Å². The summed E-state index contributed by atoms with van der Waals surface area (Å²) in [5.74, 6) is -0.301. The van der Waals surface area contributed by atoms with Crippen molar-refractivity contribution in [1.82, 2.24) is 20.9 Å². The van der Waals surface area contributed by atoms with Crippen molar-refractivity contribution in [2.75, 3.05) is 0 Å². The van der Waals surface area contributed by atoms with Gasteiger partial charge >= 0.3 is 0 Å². The SMILES string of the molecule is CC(C)NC(=O)[C@H](Cc1ccc(O)cc1)NC(=O)C(C)C.CC(C)NC(=O)c1cc2cc(O)ccc2[nH]1. The lowest BCUT2D eigenvalue weighted by Gasteiger charge is -2.21. The summed E-state index contributed by atoms with van der Waals surface area (Å²) >= 11 is 0. The van der Waals surface area contributed by atoms with Gasteiger partial charge in [0.15, 0.2) is 0 Å². The van der Waals surface area contributed by atoms with Crippen molar-refractivity contribution in [3.63, 3.8) is 0 Å². The molecule has 3 aromatic rings. The smallest absolute Gasteiger partial charge is 0.267 e. The molecule has 0 saturated heterocycles. The predicted octanol–water partition coefficient (Wildman–Crippen LogP) is 3.61. The summed E-state index contributed by atoms with van der Waals surface area (Å²) in [5.41, 5.74) is 2.22. The van der Waals surface area contributed by atoms with Crippen molar-refractivity contribution in [2.45, 2.75) is 66.1 Å². The number of hydrogen-bond acceptors (Lipinski definition) is 5. The summed E-state index contributed by atoms with van der Waals surface area (Å²) < 4.78 is 0. The van der Waals surface area contributed by atoms with E-state index in [0.717, 1.165) is 16.5 Å². The number of aromatic hydroxyl groups is 2. The van der Waals surface area contributed by atoms with Gasteiger partial charge in [0.2, 0.25) is 11.8 Å². The number of carbonyl (C=O) groups is 3. The van der Waals surface area contributed by atoms with Gasteiger partial charge in [0.1, 0.15) is 23.2 Å². The Morgan fingerprint density at radius 3 is 1.92 bits per heavy atom. The highest BCUT2D eigenvalue weighted by molar-refractivity contribution is 5.98. The van der Waals surface area contributed by atoms with Crippen LogP contribution in [0.2, 0.25) is 0 Å². The molecule has 6 N–H and O–H groups in total. The second-order valence-corrected chi connectivity index (χ2v) is 9.83. The van der Waals surface area contributed by atoms with E-state index in [0.29, 0.717) is 12.1 Å². The number of rotatable bonds is 8. The fourth-order valence-corrected chi connectivity index (χ4v) is 3.38. The summed E-state index contributed by atoms with van der Waals surface area (Å²) in [7, 11) is 0. The van der Waals surface area contributed by atoms with Gasteiger partial charge < -0.3 is 31.1 Å². The topological polar surface area (TPSA) is 144 Å². The average molecular weight is 511 g/mol. The molecule has 0 aliphatic heterocycles. The lowest BCUT2D eigenvalue weighted by Crippen LogP contribution is -2.50. The molecule has 0 spiro atoms. The molecule has 3 rings (SSSR count). The normalized spacial score (nSPS) is 11.7. The molecule has 0 aliphatic carbocycles. The van der Waals surface area contributed by atoms with E-state index in [1.807, 2.05) is 27.7 Å². The number of benzene rings is 2. The van der Waals surface area contributed by atoms with Crippen LogP contribution in [0.5, 0.6) is 11.5 Å². The molecule has 1 heterocycles. The van der Waals surface area contributed by atoms with Crippen LogP contribution in [0.3, 0.4) is 0 Å². The van der Waals surface area contributed by atoms with Gasteiger partial charge in [-0.25, -0.2) is 0 Å². The van der Waals surface area contributed by atoms with Gasteiger partial charge in [0.05, 0.1) is 0 Å². The van der Waals surface area contributed by atoms with E-state index < -0.39 is 6.04 Å². The van der Waals surface area contributed by atoms with Gasteiger partial charge in [0, 0.05) is 35.3 Å². The monoisotopic (exact) mass is 510 g/mol. The van der Waals surface area contributed by atoms with Crippen molar-refractivity contribution in [3.8, 4) is 11.5 Å². The summed E-state index contributed by atoms with van der Waals surface area (Å²) in [6, 6.07) is 12.8. The maximum absolute atomic E-state index is 12.2. The fraction of sp³-hybridized carbons (Fsp3) is 0.393. The Balaban J connectivity index is 0.000000269. The Morgan fingerprint density at radius 2 is 1.35 bits per heavy atom. The van der Waals surface area contributed by atoms with Gasteiger partial charge in [-0.1, -0.05) is 26.0 Å². The zero-order valence-electron chi connectivity index (χ0n) is 22.3. The minimum atomic E-state index is -0.619. The van der Waals surface area contributed by atoms with Crippen LogP contribution in [0.25, 0.3) is 10.9 Å². The number of carbonyl (C=O) groups excluding carboxylic acids is 3. The quantitative estimate of drug-likeness (QED) is 0.274. The molecule has 0 aliphatic rings. The molecule has 1 atom stereocenters. The third kappa shape index (κ3) is 9.51. The van der Waals surface area contributed by atoms with Crippen LogP contribution in [0.4, 0.5) is 0 Å². The number of phenols is 2. The van der Waals surface area contributed by atoms with Crippen LogP contribution < -0.4 is 16.0 Å². The third-order valence-corrected chi connectivity index (χ3v) is 5.23. The van der Waals surface area contributed by atoms with Crippen LogP contribution in [-0.4, -0.2) is 51.0 Å². The highest BCUT2D eigenvalue weighted by Crippen LogP contribution is 2.20. The van der Waals surface area contributed by atoms with E-state index in [1.165, 1.54) is 0 Å². The molecule has 3 amide bonds. The maximum atomic E-state index is 12.2. The second-order valence-electron chi connectivity index (χ2n) is 9.83. The molecule has 0 bridgehead atoms. The van der Waals surface area contributed by atoms with Crippen LogP contribution in [0.15, 0.2) is 48.5 Å². The van der Waals surface area contributed by atoms with E-state index in [-0.39, 0.29) is 47.2 Å². The molecular formula is C28H38N4O5. The maximum Gasteiger partial charge on any atom is 0.267 e. The molecule has 0 fully saturated rings. The first-order valence-electron chi connectivity index (χ1n) is 12.4. The number of amides is 3. The lowest BCUT2D eigenvalue weighted by atomic mass is 10.0. The molecule has 9 heteroatoms. The minimum absolute atomic E-state index is 0.00997. The number of aromatic nitrogens is 1. The van der Waals surface area contributed by atoms with Gasteiger partial charge in [-0.2, -0.15) is 0 Å². The van der Waals surface area contributed by atoms with Crippen LogP contribution in [-0.2, 0) is 16.0 Å². The van der Waals surface area contributed by atoms with Gasteiger partial charge in [0.25, 0.3) is 5.91 Å². The van der Waals surface area contributed by atoms with Crippen molar-refractivity contribution >= 4 is 28.6 Å². The summed E-state index contributed by atoms with van der Waals surface area (Å²) in [5, 5.41) is 27.8. The van der Waals surface area contributed by atoms with E-state index in [2.05, 4.69) is 20.9 Å². The van der Waals surface area contributed by atoms with Gasteiger partial charge in [-0.15, -0.1) is 0 Å². The molecule has 200 valence electrons. The van der Waals surface area contributed by atoms with Crippen LogP contribution >= 0.6 is 0 Å². The molecule has 0 unspecified atom stereocenters. The van der Waals surface area contributed by atoms with Crippen molar-refractivity contribution < 1.29 is 24.6 Å². The molecular weight excluding hydrogens is 472 g/mol. The number of aromatic amines is 1. The highest BCUT2D eigenvalue weighted by Gasteiger charge is 2.23. The molecule has 1 aromatic heterocycles. The van der Waals surface area contributed by atoms with Crippen molar-refractivity contribution in [2.24, 2.45) is 5.92 Å². The molecule has 9 nitrogen and oxygen atoms in total. The summed E-state index contributed by atoms with van der Waals surface area (Å²) in [6.45, 7) is 11.1. The van der Waals surface area contributed by atoms with E-state index >= 15 is 0 Å². The largest absolute Gasteiger partial charge is 0.508 e. The Labute approximate surface area is 217 Å². The first-order chi connectivity index (χ1) is 17.3. The Hall–Kier alpha value is -4.01. The van der Waals surface area contributed by atoms with Crippen LogP contribution in [0.1, 0.15) is 57.6 Å². The standard InChI is InChI=1S/C16H24N2O3.C12H14N2O2/c1-10(2)15(20)18-14(16(21)17-11(3)4)9-12-5-7-13(19)8-6-12;1-7(2)13-12(16)11-6-8-5-9(15)3-4-10(8)14-11/h5-8,10-11,14,19H,9H2,1-4H3,(H,17,21)(H,18,20);3-7,14-15H,1-2H3,(H,13,16)/t14-;/m0./s1. The van der Waals surface area contributed by atoms with Gasteiger partial charge in [-0.3, -0.25) is 14.4 Å². The van der Waals surface area contributed by atoms with E-state index in [1.54, 1.807) is 62.4 Å². The van der Waals surface area contributed by atoms with Crippen LogP contribution in [0, 0.1) is 5.92 Å².